The molecule has 20 heavy (non-hydrogen) atoms. The lowest BCUT2D eigenvalue weighted by Gasteiger charge is -2.05. The minimum absolute atomic E-state index is 0.0463. The molecule has 1 N–H and O–H groups in total. The van der Waals surface area contributed by atoms with Gasteiger partial charge in [-0.05, 0) is 36.1 Å². The van der Waals surface area contributed by atoms with Gasteiger partial charge in [0.2, 0.25) is 5.91 Å². The smallest absolute Gasteiger partial charge is 0.307 e. The molecule has 2 unspecified atom stereocenters. The number of ether oxygens (including phenoxy) is 1. The number of hydrogen-bond donors (Lipinski definition) is 1. The van der Waals surface area contributed by atoms with Crippen LogP contribution in [-0.2, 0) is 14.3 Å². The van der Waals surface area contributed by atoms with Crippen LogP contribution in [0.15, 0.2) is 18.2 Å². The van der Waals surface area contributed by atoms with Crippen molar-refractivity contribution in [3.05, 3.63) is 33.8 Å². The zero-order valence-corrected chi connectivity index (χ0v) is 12.5. The molecular weight excluding hydrogens is 301 g/mol. The summed E-state index contributed by atoms with van der Waals surface area (Å²) in [7, 11) is 1.32. The summed E-state index contributed by atoms with van der Waals surface area (Å²) in [6.07, 6.45) is 0.962. The fourth-order valence-electron chi connectivity index (χ4n) is 2.16. The fraction of sp³-hybridized carbons (Fsp3) is 0.429. The van der Waals surface area contributed by atoms with Crippen molar-refractivity contribution in [1.82, 2.24) is 5.32 Å². The van der Waals surface area contributed by atoms with Crippen molar-refractivity contribution in [3.8, 4) is 0 Å². The van der Waals surface area contributed by atoms with Gasteiger partial charge >= 0.3 is 5.97 Å². The van der Waals surface area contributed by atoms with E-state index in [2.05, 4.69) is 10.1 Å². The molecule has 2 rings (SSSR count). The van der Waals surface area contributed by atoms with Crippen LogP contribution < -0.4 is 5.32 Å². The van der Waals surface area contributed by atoms with Crippen molar-refractivity contribution in [2.45, 2.75) is 18.8 Å². The number of carbonyl (C=O) groups excluding carboxylic acids is 2. The fourth-order valence-corrected chi connectivity index (χ4v) is 2.71. The van der Waals surface area contributed by atoms with Crippen LogP contribution >= 0.6 is 23.2 Å². The van der Waals surface area contributed by atoms with Crippen LogP contribution in [0.5, 0.6) is 0 Å². The summed E-state index contributed by atoms with van der Waals surface area (Å²) in [5.41, 5.74) is 0.982. The number of esters is 1. The number of benzene rings is 1. The van der Waals surface area contributed by atoms with E-state index in [4.69, 9.17) is 23.2 Å². The van der Waals surface area contributed by atoms with Gasteiger partial charge in [0.05, 0.1) is 13.5 Å². The highest BCUT2D eigenvalue weighted by Crippen LogP contribution is 2.48. The van der Waals surface area contributed by atoms with E-state index in [-0.39, 0.29) is 30.1 Å². The number of halogens is 2. The molecule has 1 aromatic rings. The predicted octanol–water partition coefficient (Wildman–Crippen LogP) is 2.78. The Bertz CT molecular complexity index is 513. The molecule has 1 fully saturated rings. The lowest BCUT2D eigenvalue weighted by atomic mass is 10.1. The second kappa shape index (κ2) is 6.46. The Morgan fingerprint density at radius 3 is 2.55 bits per heavy atom. The molecule has 108 valence electrons. The lowest BCUT2D eigenvalue weighted by Crippen LogP contribution is -2.28. The summed E-state index contributed by atoms with van der Waals surface area (Å²) in [6, 6.07) is 5.33. The van der Waals surface area contributed by atoms with E-state index in [9.17, 15) is 9.59 Å². The van der Waals surface area contributed by atoms with Crippen LogP contribution in [0.25, 0.3) is 0 Å². The summed E-state index contributed by atoms with van der Waals surface area (Å²) in [6.45, 7) is 0.297. The van der Waals surface area contributed by atoms with Gasteiger partial charge in [-0.1, -0.05) is 23.2 Å². The molecule has 4 nitrogen and oxygen atoms in total. The number of rotatable bonds is 5. The highest BCUT2D eigenvalue weighted by Gasteiger charge is 2.43. The summed E-state index contributed by atoms with van der Waals surface area (Å²) < 4.78 is 4.51. The molecular formula is C14H15Cl2NO3. The summed E-state index contributed by atoms with van der Waals surface area (Å²) in [4.78, 5) is 22.8. The van der Waals surface area contributed by atoms with Crippen molar-refractivity contribution < 1.29 is 14.3 Å². The first-order chi connectivity index (χ1) is 9.51. The van der Waals surface area contributed by atoms with Gasteiger partial charge in [0.15, 0.2) is 0 Å². The third-order valence-corrected chi connectivity index (χ3v) is 3.73. The van der Waals surface area contributed by atoms with Crippen molar-refractivity contribution in [1.29, 1.82) is 0 Å². The SMILES string of the molecule is COC(=O)CCNC(=O)C1CC1c1cc(Cl)cc(Cl)c1. The molecule has 1 aliphatic carbocycles. The highest BCUT2D eigenvalue weighted by atomic mass is 35.5. The summed E-state index contributed by atoms with van der Waals surface area (Å²) in [5, 5.41) is 3.88. The van der Waals surface area contributed by atoms with Crippen molar-refractivity contribution in [3.63, 3.8) is 0 Å². The Morgan fingerprint density at radius 1 is 1.30 bits per heavy atom. The lowest BCUT2D eigenvalue weighted by molar-refractivity contribution is -0.140. The van der Waals surface area contributed by atoms with Crippen LogP contribution in [0, 0.1) is 5.92 Å². The van der Waals surface area contributed by atoms with Crippen LogP contribution in [-0.4, -0.2) is 25.5 Å². The summed E-state index contributed by atoms with van der Waals surface area (Å²) >= 11 is 11.9. The topological polar surface area (TPSA) is 55.4 Å². The monoisotopic (exact) mass is 315 g/mol. The molecule has 0 bridgehead atoms. The Balaban J connectivity index is 1.84. The molecule has 1 aromatic carbocycles. The first-order valence-corrected chi connectivity index (χ1v) is 7.07. The Morgan fingerprint density at radius 2 is 1.95 bits per heavy atom. The number of hydrogen-bond acceptors (Lipinski definition) is 3. The molecule has 1 amide bonds. The molecule has 1 aliphatic rings. The first kappa shape index (κ1) is 15.1. The van der Waals surface area contributed by atoms with Gasteiger partial charge in [0, 0.05) is 22.5 Å². The van der Waals surface area contributed by atoms with Crippen molar-refractivity contribution in [2.75, 3.05) is 13.7 Å². The molecule has 0 saturated heterocycles. The summed E-state index contributed by atoms with van der Waals surface area (Å²) in [5.74, 6) is -0.291. The van der Waals surface area contributed by atoms with Gasteiger partial charge in [0.1, 0.15) is 0 Å². The zero-order valence-electron chi connectivity index (χ0n) is 11.0. The van der Waals surface area contributed by atoms with E-state index in [0.717, 1.165) is 12.0 Å². The van der Waals surface area contributed by atoms with E-state index in [1.54, 1.807) is 6.07 Å². The maximum Gasteiger partial charge on any atom is 0.307 e. The Labute approximate surface area is 127 Å². The number of amides is 1. The van der Waals surface area contributed by atoms with E-state index in [1.165, 1.54) is 7.11 Å². The highest BCUT2D eigenvalue weighted by molar-refractivity contribution is 6.34. The molecule has 0 aliphatic heterocycles. The average Bonchev–Trinajstić information content (AvgIpc) is 3.17. The maximum absolute atomic E-state index is 11.9. The number of methoxy groups -OCH3 is 1. The second-order valence-electron chi connectivity index (χ2n) is 4.77. The van der Waals surface area contributed by atoms with Gasteiger partial charge in [-0.25, -0.2) is 0 Å². The van der Waals surface area contributed by atoms with Gasteiger partial charge in [0.25, 0.3) is 0 Å². The van der Waals surface area contributed by atoms with Crippen molar-refractivity contribution in [2.24, 2.45) is 5.92 Å². The number of nitrogens with one attached hydrogen (secondary N) is 1. The maximum atomic E-state index is 11.9. The number of carbonyl (C=O) groups is 2. The van der Waals surface area contributed by atoms with Gasteiger partial charge in [-0.15, -0.1) is 0 Å². The standard InChI is InChI=1S/C14H15Cl2NO3/c1-20-13(18)2-3-17-14(19)12-7-11(12)8-4-9(15)6-10(16)5-8/h4-6,11-12H,2-3,7H2,1H3,(H,17,19). The normalized spacial score (nSPS) is 20.4. The molecule has 0 spiro atoms. The molecule has 0 radical (unpaired) electrons. The van der Waals surface area contributed by atoms with Crippen molar-refractivity contribution >= 4 is 35.1 Å². The van der Waals surface area contributed by atoms with Crippen LogP contribution in [0.3, 0.4) is 0 Å². The molecule has 0 aromatic heterocycles. The molecule has 2 atom stereocenters. The van der Waals surface area contributed by atoms with Crippen LogP contribution in [0.1, 0.15) is 24.3 Å². The van der Waals surface area contributed by atoms with E-state index in [0.29, 0.717) is 16.6 Å². The van der Waals surface area contributed by atoms with Crippen LogP contribution in [0.2, 0.25) is 10.0 Å². The first-order valence-electron chi connectivity index (χ1n) is 6.31. The predicted molar refractivity (Wildman–Crippen MR) is 77.0 cm³/mol. The Kier molecular flexibility index (Phi) is 4.89. The average molecular weight is 316 g/mol. The van der Waals surface area contributed by atoms with Gasteiger partial charge in [-0.2, -0.15) is 0 Å². The Hall–Kier alpha value is -1.26. The van der Waals surface area contributed by atoms with E-state index >= 15 is 0 Å². The van der Waals surface area contributed by atoms with Gasteiger partial charge < -0.3 is 10.1 Å². The third kappa shape index (κ3) is 3.87. The van der Waals surface area contributed by atoms with E-state index in [1.807, 2.05) is 12.1 Å². The third-order valence-electron chi connectivity index (χ3n) is 3.30. The van der Waals surface area contributed by atoms with Gasteiger partial charge in [-0.3, -0.25) is 9.59 Å². The molecule has 6 heteroatoms. The van der Waals surface area contributed by atoms with Crippen LogP contribution in [0.4, 0.5) is 0 Å². The minimum atomic E-state index is -0.334. The zero-order chi connectivity index (χ0) is 14.7. The second-order valence-corrected chi connectivity index (χ2v) is 5.64. The molecule has 0 heterocycles. The largest absolute Gasteiger partial charge is 0.469 e. The quantitative estimate of drug-likeness (QED) is 0.850. The minimum Gasteiger partial charge on any atom is -0.469 e. The van der Waals surface area contributed by atoms with E-state index < -0.39 is 0 Å². The molecule has 1 saturated carbocycles.